The van der Waals surface area contributed by atoms with E-state index in [1.165, 1.54) is 6.42 Å². The summed E-state index contributed by atoms with van der Waals surface area (Å²) in [7, 11) is 5.82. The summed E-state index contributed by atoms with van der Waals surface area (Å²) in [5.74, 6) is -0.892. The monoisotopic (exact) mass is 297 g/mol. The number of carboxylic acid groups (broad SMARTS) is 1. The zero-order chi connectivity index (χ0) is 15.8. The minimum absolute atomic E-state index is 0.0469. The van der Waals surface area contributed by atoms with Crippen LogP contribution in [0.25, 0.3) is 0 Å². The molecular formula is C15H27N3O3. The molecule has 1 atom stereocenters. The molecule has 0 heterocycles. The molecule has 2 aliphatic carbocycles. The van der Waals surface area contributed by atoms with Gasteiger partial charge in [-0.15, -0.1) is 0 Å². The van der Waals surface area contributed by atoms with E-state index in [4.69, 9.17) is 0 Å². The van der Waals surface area contributed by atoms with Crippen LogP contribution in [0.5, 0.6) is 0 Å². The number of rotatable bonds is 6. The minimum atomic E-state index is -1.14. The van der Waals surface area contributed by atoms with E-state index in [1.807, 2.05) is 14.1 Å². The fourth-order valence-corrected chi connectivity index (χ4v) is 3.15. The Kier molecular flexibility index (Phi) is 4.19. The van der Waals surface area contributed by atoms with Gasteiger partial charge in [-0.3, -0.25) is 0 Å². The molecule has 0 spiro atoms. The lowest BCUT2D eigenvalue weighted by Crippen LogP contribution is -2.61. The van der Waals surface area contributed by atoms with Crippen LogP contribution in [0.15, 0.2) is 0 Å². The summed E-state index contributed by atoms with van der Waals surface area (Å²) in [6.07, 6.45) is 5.08. The van der Waals surface area contributed by atoms with Crippen LogP contribution in [-0.4, -0.2) is 65.7 Å². The second kappa shape index (κ2) is 5.48. The van der Waals surface area contributed by atoms with Crippen molar-refractivity contribution in [2.24, 2.45) is 5.92 Å². The highest BCUT2D eigenvalue weighted by atomic mass is 16.4. The van der Waals surface area contributed by atoms with Gasteiger partial charge in [0.2, 0.25) is 0 Å². The maximum Gasteiger partial charge on any atom is 0.329 e. The molecule has 2 saturated carbocycles. The number of carbonyl (C=O) groups excluding carboxylic acids is 1. The first-order valence-electron chi connectivity index (χ1n) is 7.65. The van der Waals surface area contributed by atoms with Crippen molar-refractivity contribution in [3.8, 4) is 0 Å². The number of hydrogen-bond donors (Lipinski definition) is 2. The molecule has 2 rings (SSSR count). The van der Waals surface area contributed by atoms with Gasteiger partial charge < -0.3 is 20.2 Å². The summed E-state index contributed by atoms with van der Waals surface area (Å²) < 4.78 is 0. The zero-order valence-electron chi connectivity index (χ0n) is 13.5. The van der Waals surface area contributed by atoms with Crippen LogP contribution in [-0.2, 0) is 4.79 Å². The Labute approximate surface area is 126 Å². The average molecular weight is 297 g/mol. The normalized spacial score (nSPS) is 23.1. The molecule has 0 bridgehead atoms. The maximum atomic E-state index is 12.4. The second-order valence-electron chi connectivity index (χ2n) is 7.04. The van der Waals surface area contributed by atoms with Crippen molar-refractivity contribution in [1.82, 2.24) is 15.1 Å². The molecule has 2 fully saturated rings. The Balaban J connectivity index is 1.97. The Bertz CT molecular complexity index is 430. The van der Waals surface area contributed by atoms with E-state index in [2.05, 4.69) is 10.2 Å². The molecule has 0 radical (unpaired) electrons. The number of amides is 2. The standard InChI is InChI=1S/C15H27N3O3/c1-14(12(19)20,11-6-7-11)16-13(21)18(4)10-15(17(2)3)8-5-9-15/h11H,5-10H2,1-4H3,(H,16,21)(H,19,20). The number of urea groups is 1. The van der Waals surface area contributed by atoms with Gasteiger partial charge in [0.1, 0.15) is 5.54 Å². The predicted molar refractivity (Wildman–Crippen MR) is 80.2 cm³/mol. The smallest absolute Gasteiger partial charge is 0.329 e. The van der Waals surface area contributed by atoms with Crippen molar-refractivity contribution in [3.63, 3.8) is 0 Å². The number of carboxylic acids is 1. The summed E-state index contributed by atoms with van der Waals surface area (Å²) in [6, 6.07) is -0.292. The molecule has 0 aliphatic heterocycles. The van der Waals surface area contributed by atoms with Gasteiger partial charge in [0.05, 0.1) is 0 Å². The molecule has 2 amide bonds. The van der Waals surface area contributed by atoms with Crippen molar-refractivity contribution in [2.45, 2.75) is 50.1 Å². The lowest BCUT2D eigenvalue weighted by atomic mass is 9.75. The van der Waals surface area contributed by atoms with Crippen LogP contribution in [0.2, 0.25) is 0 Å². The molecule has 0 aromatic rings. The van der Waals surface area contributed by atoms with E-state index in [-0.39, 0.29) is 17.5 Å². The fraction of sp³-hybridized carbons (Fsp3) is 0.867. The topological polar surface area (TPSA) is 72.9 Å². The quantitative estimate of drug-likeness (QED) is 0.776. The van der Waals surface area contributed by atoms with Crippen LogP contribution in [0.1, 0.15) is 39.0 Å². The number of nitrogens with one attached hydrogen (secondary N) is 1. The summed E-state index contributed by atoms with van der Waals surface area (Å²) in [5, 5.41) is 12.1. The number of aliphatic carboxylic acids is 1. The maximum absolute atomic E-state index is 12.4. The second-order valence-corrected chi connectivity index (χ2v) is 7.04. The van der Waals surface area contributed by atoms with Crippen molar-refractivity contribution < 1.29 is 14.7 Å². The van der Waals surface area contributed by atoms with Crippen molar-refractivity contribution in [2.75, 3.05) is 27.7 Å². The molecule has 1 unspecified atom stereocenters. The molecule has 120 valence electrons. The summed E-state index contributed by atoms with van der Waals surface area (Å²) in [4.78, 5) is 27.7. The van der Waals surface area contributed by atoms with Gasteiger partial charge in [-0.25, -0.2) is 9.59 Å². The zero-order valence-corrected chi connectivity index (χ0v) is 13.5. The minimum Gasteiger partial charge on any atom is -0.480 e. The molecule has 0 saturated heterocycles. The lowest BCUT2D eigenvalue weighted by molar-refractivity contribution is -0.144. The Hall–Kier alpha value is -1.30. The highest BCUT2D eigenvalue weighted by Crippen LogP contribution is 2.40. The molecule has 2 aliphatic rings. The van der Waals surface area contributed by atoms with Crippen molar-refractivity contribution in [1.29, 1.82) is 0 Å². The average Bonchev–Trinajstić information content (AvgIpc) is 3.16. The van der Waals surface area contributed by atoms with Crippen molar-refractivity contribution >= 4 is 12.0 Å². The van der Waals surface area contributed by atoms with E-state index in [0.29, 0.717) is 6.54 Å². The SMILES string of the molecule is CN(CC1(N(C)C)CCC1)C(=O)NC(C)(C(=O)O)C1CC1. The molecule has 0 aromatic carbocycles. The predicted octanol–water partition coefficient (Wildman–Crippen LogP) is 1.37. The summed E-state index contributed by atoms with van der Waals surface area (Å²) in [6.45, 7) is 2.25. The van der Waals surface area contributed by atoms with Crippen molar-refractivity contribution in [3.05, 3.63) is 0 Å². The summed E-state index contributed by atoms with van der Waals surface area (Å²) >= 11 is 0. The third-order valence-corrected chi connectivity index (χ3v) is 5.32. The molecule has 0 aromatic heterocycles. The van der Waals surface area contributed by atoms with Gasteiger partial charge in [-0.05, 0) is 59.0 Å². The van der Waals surface area contributed by atoms with Gasteiger partial charge >= 0.3 is 12.0 Å². The van der Waals surface area contributed by atoms with Gasteiger partial charge in [0.25, 0.3) is 0 Å². The number of nitrogens with zero attached hydrogens (tertiary/aromatic N) is 2. The third kappa shape index (κ3) is 3.00. The number of carbonyl (C=O) groups is 2. The van der Waals surface area contributed by atoms with E-state index in [9.17, 15) is 14.7 Å². The van der Waals surface area contributed by atoms with Gasteiger partial charge in [-0.2, -0.15) is 0 Å². The fourth-order valence-electron chi connectivity index (χ4n) is 3.15. The van der Waals surface area contributed by atoms with E-state index in [0.717, 1.165) is 25.7 Å². The summed E-state index contributed by atoms with van der Waals surface area (Å²) in [5.41, 5.74) is -1.10. The molecule has 6 nitrogen and oxygen atoms in total. The van der Waals surface area contributed by atoms with Crippen LogP contribution < -0.4 is 5.32 Å². The number of likely N-dealkylation sites (N-methyl/N-ethyl adjacent to an activating group) is 2. The Morgan fingerprint density at radius 2 is 1.86 bits per heavy atom. The highest BCUT2D eigenvalue weighted by molar-refractivity contribution is 5.86. The highest BCUT2D eigenvalue weighted by Gasteiger charge is 2.49. The molecule has 21 heavy (non-hydrogen) atoms. The molecule has 6 heteroatoms. The largest absolute Gasteiger partial charge is 0.480 e. The third-order valence-electron chi connectivity index (χ3n) is 5.32. The van der Waals surface area contributed by atoms with Crippen LogP contribution in [0, 0.1) is 5.92 Å². The first kappa shape index (κ1) is 16.1. The van der Waals surface area contributed by atoms with Gasteiger partial charge in [-0.1, -0.05) is 0 Å². The van der Waals surface area contributed by atoms with E-state index < -0.39 is 11.5 Å². The molecule has 2 N–H and O–H groups in total. The number of hydrogen-bond acceptors (Lipinski definition) is 3. The Morgan fingerprint density at radius 3 is 2.19 bits per heavy atom. The molecular weight excluding hydrogens is 270 g/mol. The van der Waals surface area contributed by atoms with Crippen LogP contribution in [0.3, 0.4) is 0 Å². The van der Waals surface area contributed by atoms with Crippen LogP contribution in [0.4, 0.5) is 4.79 Å². The van der Waals surface area contributed by atoms with Gasteiger partial charge in [0.15, 0.2) is 0 Å². The first-order chi connectivity index (χ1) is 9.71. The van der Waals surface area contributed by atoms with E-state index in [1.54, 1.807) is 18.9 Å². The van der Waals surface area contributed by atoms with Gasteiger partial charge in [0, 0.05) is 19.1 Å². The first-order valence-corrected chi connectivity index (χ1v) is 7.65. The van der Waals surface area contributed by atoms with E-state index >= 15 is 0 Å². The Morgan fingerprint density at radius 1 is 1.29 bits per heavy atom. The lowest BCUT2D eigenvalue weighted by Gasteiger charge is -2.49. The van der Waals surface area contributed by atoms with Crippen LogP contribution >= 0.6 is 0 Å².